The van der Waals surface area contributed by atoms with Crippen molar-refractivity contribution in [3.63, 3.8) is 0 Å². The van der Waals surface area contributed by atoms with Crippen molar-refractivity contribution in [2.75, 3.05) is 17.1 Å². The quantitative estimate of drug-likeness (QED) is 0.513. The molecule has 5 nitrogen and oxygen atoms in total. The molecule has 0 aliphatic rings. The number of hydrogen-bond donors (Lipinski definition) is 2. The lowest BCUT2D eigenvalue weighted by molar-refractivity contribution is 0.570. The highest BCUT2D eigenvalue weighted by molar-refractivity contribution is 7.92. The second-order valence-electron chi connectivity index (χ2n) is 5.92. The lowest BCUT2D eigenvalue weighted by Gasteiger charge is -2.16. The first-order chi connectivity index (χ1) is 12.4. The van der Waals surface area contributed by atoms with Gasteiger partial charge in [0.2, 0.25) is 0 Å². The SMILES string of the molecule is CCCCCCCc1c(Cl)cc(S(=O)(=O)Nc2cscn2)c(F)c1NC. The van der Waals surface area contributed by atoms with Crippen LogP contribution in [0, 0.1) is 5.82 Å². The Morgan fingerprint density at radius 1 is 1.27 bits per heavy atom. The Morgan fingerprint density at radius 2 is 2.00 bits per heavy atom. The number of rotatable bonds is 10. The van der Waals surface area contributed by atoms with Crippen molar-refractivity contribution in [2.24, 2.45) is 0 Å². The predicted octanol–water partition coefficient (Wildman–Crippen LogP) is 5.29. The molecule has 0 atom stereocenters. The van der Waals surface area contributed by atoms with Gasteiger partial charge >= 0.3 is 0 Å². The van der Waals surface area contributed by atoms with Gasteiger partial charge in [0.05, 0.1) is 11.2 Å². The van der Waals surface area contributed by atoms with E-state index in [0.29, 0.717) is 12.0 Å². The number of sulfonamides is 1. The van der Waals surface area contributed by atoms with Crippen molar-refractivity contribution in [1.29, 1.82) is 0 Å². The Hall–Kier alpha value is -1.38. The topological polar surface area (TPSA) is 71.1 Å². The zero-order chi connectivity index (χ0) is 19.2. The van der Waals surface area contributed by atoms with Crippen LogP contribution in [-0.2, 0) is 16.4 Å². The van der Waals surface area contributed by atoms with Crippen LogP contribution in [0.15, 0.2) is 21.9 Å². The highest BCUT2D eigenvalue weighted by atomic mass is 35.5. The van der Waals surface area contributed by atoms with Gasteiger partial charge in [-0.1, -0.05) is 44.2 Å². The van der Waals surface area contributed by atoms with Crippen LogP contribution in [0.2, 0.25) is 5.02 Å². The van der Waals surface area contributed by atoms with Crippen LogP contribution in [0.4, 0.5) is 15.9 Å². The molecule has 0 saturated carbocycles. The number of benzene rings is 1. The fraction of sp³-hybridized carbons (Fsp3) is 0.471. The van der Waals surface area contributed by atoms with E-state index in [4.69, 9.17) is 11.6 Å². The summed E-state index contributed by atoms with van der Waals surface area (Å²) < 4.78 is 42.2. The van der Waals surface area contributed by atoms with Crippen LogP contribution in [0.1, 0.15) is 44.6 Å². The molecule has 1 heterocycles. The number of unbranched alkanes of at least 4 members (excludes halogenated alkanes) is 4. The molecular formula is C17H23ClFN3O2S2. The number of thiazole rings is 1. The lowest BCUT2D eigenvalue weighted by atomic mass is 10.0. The van der Waals surface area contributed by atoms with Crippen molar-refractivity contribution in [2.45, 2.75) is 50.3 Å². The molecule has 0 spiro atoms. The molecular weight excluding hydrogens is 397 g/mol. The van der Waals surface area contributed by atoms with Crippen LogP contribution in [0.5, 0.6) is 0 Å². The third-order valence-electron chi connectivity index (χ3n) is 4.02. The van der Waals surface area contributed by atoms with Crippen LogP contribution < -0.4 is 10.0 Å². The largest absolute Gasteiger partial charge is 0.385 e. The van der Waals surface area contributed by atoms with E-state index in [2.05, 4.69) is 21.9 Å². The molecule has 0 unspecified atom stereocenters. The van der Waals surface area contributed by atoms with Gasteiger partial charge in [0.25, 0.3) is 10.0 Å². The molecule has 0 radical (unpaired) electrons. The third-order valence-corrected chi connectivity index (χ3v) is 6.30. The Bertz CT molecular complexity index is 827. The summed E-state index contributed by atoms with van der Waals surface area (Å²) in [4.78, 5) is 3.37. The van der Waals surface area contributed by atoms with E-state index in [9.17, 15) is 12.8 Å². The average molecular weight is 420 g/mol. The van der Waals surface area contributed by atoms with Crippen molar-refractivity contribution < 1.29 is 12.8 Å². The lowest BCUT2D eigenvalue weighted by Crippen LogP contribution is -2.16. The third kappa shape index (κ3) is 5.08. The van der Waals surface area contributed by atoms with E-state index in [-0.39, 0.29) is 16.5 Å². The molecule has 2 aromatic rings. The summed E-state index contributed by atoms with van der Waals surface area (Å²) in [6.45, 7) is 2.14. The Morgan fingerprint density at radius 3 is 2.62 bits per heavy atom. The average Bonchev–Trinajstić information content (AvgIpc) is 3.09. The van der Waals surface area contributed by atoms with E-state index >= 15 is 0 Å². The van der Waals surface area contributed by atoms with Gasteiger partial charge in [-0.2, -0.15) is 0 Å². The predicted molar refractivity (Wildman–Crippen MR) is 106 cm³/mol. The zero-order valence-corrected chi connectivity index (χ0v) is 17.2. The first-order valence-corrected chi connectivity index (χ1v) is 11.3. The summed E-state index contributed by atoms with van der Waals surface area (Å²) in [5.74, 6) is -0.681. The molecule has 0 aliphatic carbocycles. The Kier molecular flexibility index (Phi) is 7.67. The minimum atomic E-state index is -4.12. The van der Waals surface area contributed by atoms with Gasteiger partial charge in [0, 0.05) is 17.5 Å². The van der Waals surface area contributed by atoms with Crippen LogP contribution in [-0.4, -0.2) is 20.4 Å². The molecule has 2 rings (SSSR count). The minimum Gasteiger partial charge on any atom is -0.385 e. The zero-order valence-electron chi connectivity index (χ0n) is 14.8. The van der Waals surface area contributed by atoms with E-state index in [1.54, 1.807) is 7.05 Å². The maximum absolute atomic E-state index is 14.9. The number of hydrogen-bond acceptors (Lipinski definition) is 5. The number of aromatic nitrogens is 1. The fourth-order valence-electron chi connectivity index (χ4n) is 2.70. The molecule has 26 heavy (non-hydrogen) atoms. The normalized spacial score (nSPS) is 11.5. The summed E-state index contributed by atoms with van der Waals surface area (Å²) >= 11 is 7.54. The van der Waals surface area contributed by atoms with Gasteiger partial charge < -0.3 is 5.32 Å². The van der Waals surface area contributed by atoms with Gasteiger partial charge in [-0.25, -0.2) is 17.8 Å². The van der Waals surface area contributed by atoms with E-state index in [1.807, 2.05) is 0 Å². The molecule has 144 valence electrons. The number of nitrogens with one attached hydrogen (secondary N) is 2. The first kappa shape index (κ1) is 20.9. The van der Waals surface area contributed by atoms with Crippen molar-refractivity contribution in [3.8, 4) is 0 Å². The van der Waals surface area contributed by atoms with Gasteiger partial charge in [0.1, 0.15) is 4.90 Å². The van der Waals surface area contributed by atoms with Gasteiger partial charge in [-0.15, -0.1) is 11.3 Å². The Balaban J connectivity index is 2.28. The van der Waals surface area contributed by atoms with Gasteiger partial charge in [-0.3, -0.25) is 4.72 Å². The summed E-state index contributed by atoms with van der Waals surface area (Å²) in [6.07, 6.45) is 5.93. The van der Waals surface area contributed by atoms with Crippen molar-refractivity contribution in [3.05, 3.63) is 33.4 Å². The highest BCUT2D eigenvalue weighted by Crippen LogP contribution is 2.34. The molecule has 0 amide bonds. The molecule has 0 fully saturated rings. The molecule has 2 N–H and O–H groups in total. The van der Waals surface area contributed by atoms with Crippen LogP contribution in [0.25, 0.3) is 0 Å². The first-order valence-electron chi connectivity index (χ1n) is 8.50. The maximum Gasteiger partial charge on any atom is 0.266 e. The summed E-state index contributed by atoms with van der Waals surface area (Å²) in [6, 6.07) is 1.17. The summed E-state index contributed by atoms with van der Waals surface area (Å²) in [7, 11) is -2.57. The van der Waals surface area contributed by atoms with Crippen LogP contribution in [0.3, 0.4) is 0 Å². The molecule has 1 aromatic carbocycles. The van der Waals surface area contributed by atoms with E-state index in [0.717, 1.165) is 25.7 Å². The van der Waals surface area contributed by atoms with Gasteiger partial charge in [0.15, 0.2) is 11.6 Å². The number of nitrogens with zero attached hydrogens (tertiary/aromatic N) is 1. The van der Waals surface area contributed by atoms with Crippen molar-refractivity contribution in [1.82, 2.24) is 4.98 Å². The number of halogens is 2. The summed E-state index contributed by atoms with van der Waals surface area (Å²) in [5, 5.41) is 4.53. The molecule has 0 saturated heterocycles. The minimum absolute atomic E-state index is 0.131. The smallest absolute Gasteiger partial charge is 0.266 e. The van der Waals surface area contributed by atoms with Crippen molar-refractivity contribution >= 4 is 44.5 Å². The maximum atomic E-state index is 14.9. The standard InChI is InChI=1S/C17H23ClFN3O2S2/c1-3-4-5-6-7-8-12-13(18)9-14(16(19)17(12)20-2)26(23,24)22-15-10-25-11-21-15/h9-11,20,22H,3-8H2,1-2H3. The van der Waals surface area contributed by atoms with Gasteiger partial charge in [-0.05, 0) is 24.5 Å². The fourth-order valence-corrected chi connectivity index (χ4v) is 4.73. The second-order valence-corrected chi connectivity index (χ2v) is 8.69. The molecule has 0 bridgehead atoms. The van der Waals surface area contributed by atoms with E-state index < -0.39 is 20.7 Å². The number of anilines is 2. The highest BCUT2D eigenvalue weighted by Gasteiger charge is 2.26. The molecule has 1 aromatic heterocycles. The Labute approximate surface area is 163 Å². The molecule has 9 heteroatoms. The molecule has 0 aliphatic heterocycles. The summed E-state index contributed by atoms with van der Waals surface area (Å²) in [5.41, 5.74) is 2.23. The van der Waals surface area contributed by atoms with E-state index in [1.165, 1.54) is 34.7 Å². The monoisotopic (exact) mass is 419 g/mol. The second kappa shape index (κ2) is 9.53. The van der Waals surface area contributed by atoms with Crippen LogP contribution >= 0.6 is 22.9 Å².